The number of nitrogens with one attached hydrogen (secondary N) is 2. The number of benzene rings is 1. The fourth-order valence-electron chi connectivity index (χ4n) is 2.26. The highest BCUT2D eigenvalue weighted by Crippen LogP contribution is 2.30. The van der Waals surface area contributed by atoms with Gasteiger partial charge in [0.15, 0.2) is 0 Å². The SMILES string of the molecule is CC1(C(=O)Nc2ccc(Cl)c([N+](=O)[O-])c2)CCCNC1. The Hall–Kier alpha value is -1.66. The predicted octanol–water partition coefficient (Wildman–Crippen LogP) is 2.58. The molecule has 1 aliphatic rings. The molecule has 6 nitrogen and oxygen atoms in total. The van der Waals surface area contributed by atoms with E-state index in [4.69, 9.17) is 11.6 Å². The van der Waals surface area contributed by atoms with Gasteiger partial charge in [-0.15, -0.1) is 0 Å². The molecule has 0 aliphatic carbocycles. The Morgan fingerprint density at radius 1 is 1.55 bits per heavy atom. The molecule has 1 atom stereocenters. The molecule has 7 heteroatoms. The Labute approximate surface area is 121 Å². The third kappa shape index (κ3) is 3.08. The zero-order valence-corrected chi connectivity index (χ0v) is 11.9. The summed E-state index contributed by atoms with van der Waals surface area (Å²) in [5.41, 5.74) is -0.318. The van der Waals surface area contributed by atoms with Crippen LogP contribution in [0, 0.1) is 15.5 Å². The van der Waals surface area contributed by atoms with Gasteiger partial charge in [-0.1, -0.05) is 11.6 Å². The molecule has 2 N–H and O–H groups in total. The van der Waals surface area contributed by atoms with E-state index < -0.39 is 10.3 Å². The number of nitro groups is 1. The van der Waals surface area contributed by atoms with Crippen molar-refractivity contribution in [3.8, 4) is 0 Å². The number of halogens is 1. The van der Waals surface area contributed by atoms with Gasteiger partial charge in [0, 0.05) is 18.3 Å². The van der Waals surface area contributed by atoms with Crippen LogP contribution in [0.15, 0.2) is 18.2 Å². The minimum absolute atomic E-state index is 0.0542. The van der Waals surface area contributed by atoms with Crippen LogP contribution in [0.1, 0.15) is 19.8 Å². The van der Waals surface area contributed by atoms with E-state index in [2.05, 4.69) is 10.6 Å². The topological polar surface area (TPSA) is 84.3 Å². The first-order valence-electron chi connectivity index (χ1n) is 6.38. The zero-order valence-electron chi connectivity index (χ0n) is 11.1. The normalized spacial score (nSPS) is 22.3. The zero-order chi connectivity index (χ0) is 14.8. The summed E-state index contributed by atoms with van der Waals surface area (Å²) in [4.78, 5) is 22.6. The standard InChI is InChI=1S/C13H16ClN3O3/c1-13(5-2-6-15-8-13)12(18)16-9-3-4-10(14)11(7-9)17(19)20/h3-4,7,15H,2,5-6,8H2,1H3,(H,16,18). The molecule has 0 radical (unpaired) electrons. The van der Waals surface area contributed by atoms with Crippen molar-refractivity contribution in [1.29, 1.82) is 0 Å². The first kappa shape index (κ1) is 14.7. The van der Waals surface area contributed by atoms with Crippen LogP contribution in [0.25, 0.3) is 0 Å². The van der Waals surface area contributed by atoms with Crippen molar-refractivity contribution < 1.29 is 9.72 Å². The largest absolute Gasteiger partial charge is 0.325 e. The van der Waals surface area contributed by atoms with Crippen molar-refractivity contribution >= 4 is 28.9 Å². The average molecular weight is 298 g/mol. The second-order valence-corrected chi connectivity index (χ2v) is 5.63. The first-order chi connectivity index (χ1) is 9.42. The smallest absolute Gasteiger partial charge is 0.289 e. The monoisotopic (exact) mass is 297 g/mol. The van der Waals surface area contributed by atoms with Gasteiger partial charge in [0.1, 0.15) is 5.02 Å². The Morgan fingerprint density at radius 3 is 2.90 bits per heavy atom. The van der Waals surface area contributed by atoms with Gasteiger partial charge in [0.25, 0.3) is 5.69 Å². The number of amides is 1. The maximum atomic E-state index is 12.3. The molecular formula is C13H16ClN3O3. The third-order valence-electron chi connectivity index (χ3n) is 3.55. The van der Waals surface area contributed by atoms with Crippen molar-refractivity contribution in [3.63, 3.8) is 0 Å². The van der Waals surface area contributed by atoms with Gasteiger partial charge in [-0.05, 0) is 38.4 Å². The summed E-state index contributed by atoms with van der Waals surface area (Å²) in [5, 5.41) is 16.8. The molecule has 1 unspecified atom stereocenters. The number of carbonyl (C=O) groups excluding carboxylic acids is 1. The van der Waals surface area contributed by atoms with Crippen LogP contribution < -0.4 is 10.6 Å². The molecule has 1 fully saturated rings. The molecule has 1 amide bonds. The minimum atomic E-state index is -0.568. The first-order valence-corrected chi connectivity index (χ1v) is 6.76. The van der Waals surface area contributed by atoms with Crippen LogP contribution in [-0.2, 0) is 4.79 Å². The molecule has 1 aromatic rings. The molecule has 1 heterocycles. The molecule has 0 aromatic heterocycles. The Kier molecular flexibility index (Phi) is 4.25. The number of carbonyl (C=O) groups is 1. The van der Waals surface area contributed by atoms with Crippen LogP contribution in [0.2, 0.25) is 5.02 Å². The highest BCUT2D eigenvalue weighted by atomic mass is 35.5. The Bertz CT molecular complexity index is 542. The van der Waals surface area contributed by atoms with Crippen molar-refractivity contribution in [2.45, 2.75) is 19.8 Å². The third-order valence-corrected chi connectivity index (χ3v) is 3.87. The lowest BCUT2D eigenvalue weighted by Crippen LogP contribution is -2.46. The van der Waals surface area contributed by atoms with Gasteiger partial charge < -0.3 is 10.6 Å². The van der Waals surface area contributed by atoms with E-state index in [1.807, 2.05) is 6.92 Å². The van der Waals surface area contributed by atoms with Gasteiger partial charge in [-0.3, -0.25) is 14.9 Å². The van der Waals surface area contributed by atoms with Gasteiger partial charge >= 0.3 is 0 Å². The summed E-state index contributed by atoms with van der Waals surface area (Å²) >= 11 is 5.74. The number of anilines is 1. The van der Waals surface area contributed by atoms with E-state index in [1.54, 1.807) is 6.07 Å². The van der Waals surface area contributed by atoms with Gasteiger partial charge in [-0.2, -0.15) is 0 Å². The second kappa shape index (κ2) is 5.76. The molecule has 20 heavy (non-hydrogen) atoms. The number of piperidine rings is 1. The molecule has 0 bridgehead atoms. The summed E-state index contributed by atoms with van der Waals surface area (Å²) in [5.74, 6) is -0.138. The Balaban J connectivity index is 2.15. The number of hydrogen-bond acceptors (Lipinski definition) is 4. The highest BCUT2D eigenvalue weighted by molar-refractivity contribution is 6.32. The maximum Gasteiger partial charge on any atom is 0.289 e. The average Bonchev–Trinajstić information content (AvgIpc) is 2.41. The van der Waals surface area contributed by atoms with E-state index >= 15 is 0 Å². The predicted molar refractivity (Wildman–Crippen MR) is 76.9 cm³/mol. The summed E-state index contributed by atoms with van der Waals surface area (Å²) < 4.78 is 0. The Morgan fingerprint density at radius 2 is 2.30 bits per heavy atom. The van der Waals surface area contributed by atoms with Gasteiger partial charge in [0.2, 0.25) is 5.91 Å². The van der Waals surface area contributed by atoms with Crippen LogP contribution in [0.4, 0.5) is 11.4 Å². The highest BCUT2D eigenvalue weighted by Gasteiger charge is 2.34. The number of nitro benzene ring substituents is 1. The summed E-state index contributed by atoms with van der Waals surface area (Å²) in [6.45, 7) is 3.41. The molecule has 0 spiro atoms. The molecule has 1 aromatic carbocycles. The maximum absolute atomic E-state index is 12.3. The quantitative estimate of drug-likeness (QED) is 0.663. The van der Waals surface area contributed by atoms with Crippen molar-refractivity contribution in [3.05, 3.63) is 33.3 Å². The van der Waals surface area contributed by atoms with Crippen LogP contribution in [0.5, 0.6) is 0 Å². The lowest BCUT2D eigenvalue weighted by molar-refractivity contribution is -0.384. The van der Waals surface area contributed by atoms with Gasteiger partial charge in [-0.25, -0.2) is 0 Å². The summed E-state index contributed by atoms with van der Waals surface area (Å²) in [6.07, 6.45) is 1.73. The summed E-state index contributed by atoms with van der Waals surface area (Å²) in [7, 11) is 0. The number of rotatable bonds is 3. The van der Waals surface area contributed by atoms with Crippen LogP contribution in [0.3, 0.4) is 0 Å². The number of nitrogens with zero attached hydrogens (tertiary/aromatic N) is 1. The van der Waals surface area contributed by atoms with E-state index in [-0.39, 0.29) is 16.6 Å². The fraction of sp³-hybridized carbons (Fsp3) is 0.462. The van der Waals surface area contributed by atoms with E-state index in [1.165, 1.54) is 12.1 Å². The van der Waals surface area contributed by atoms with Crippen LogP contribution in [-0.4, -0.2) is 23.9 Å². The molecule has 2 rings (SSSR count). The molecule has 1 aliphatic heterocycles. The lowest BCUT2D eigenvalue weighted by atomic mass is 9.82. The van der Waals surface area contributed by atoms with Crippen molar-refractivity contribution in [2.75, 3.05) is 18.4 Å². The summed E-state index contributed by atoms with van der Waals surface area (Å²) in [6, 6.07) is 4.25. The second-order valence-electron chi connectivity index (χ2n) is 5.22. The number of hydrogen-bond donors (Lipinski definition) is 2. The lowest BCUT2D eigenvalue weighted by Gasteiger charge is -2.32. The van der Waals surface area contributed by atoms with E-state index in [0.29, 0.717) is 12.2 Å². The molecule has 0 saturated carbocycles. The van der Waals surface area contributed by atoms with Crippen molar-refractivity contribution in [2.24, 2.45) is 5.41 Å². The van der Waals surface area contributed by atoms with E-state index in [0.717, 1.165) is 19.4 Å². The van der Waals surface area contributed by atoms with E-state index in [9.17, 15) is 14.9 Å². The minimum Gasteiger partial charge on any atom is -0.325 e. The molecule has 108 valence electrons. The molecular weight excluding hydrogens is 282 g/mol. The van der Waals surface area contributed by atoms with Gasteiger partial charge in [0.05, 0.1) is 10.3 Å². The molecule has 1 saturated heterocycles. The van der Waals surface area contributed by atoms with Crippen LogP contribution >= 0.6 is 11.6 Å². The van der Waals surface area contributed by atoms with Crippen molar-refractivity contribution in [1.82, 2.24) is 5.32 Å². The fourth-order valence-corrected chi connectivity index (χ4v) is 2.45.